The Morgan fingerprint density at radius 2 is 1.14 bits per heavy atom. The van der Waals surface area contributed by atoms with Gasteiger partial charge in [0.25, 0.3) is 0 Å². The number of nitrogen functional groups attached to an aromatic ring is 2. The van der Waals surface area contributed by atoms with Crippen molar-refractivity contribution in [3.05, 3.63) is 23.8 Å². The Morgan fingerprint density at radius 1 is 0.762 bits per heavy atom. The zero-order chi connectivity index (χ0) is 15.7. The molecule has 0 atom stereocenters. The second kappa shape index (κ2) is 8.96. The molecule has 0 bridgehead atoms. The van der Waals surface area contributed by atoms with E-state index in [1.165, 1.54) is 63.4 Å². The van der Waals surface area contributed by atoms with Crippen molar-refractivity contribution in [3.8, 4) is 0 Å². The number of benzene rings is 1. The van der Waals surface area contributed by atoms with Gasteiger partial charge in [-0.3, -0.25) is 0 Å². The summed E-state index contributed by atoms with van der Waals surface area (Å²) in [5.41, 5.74) is 15.9. The largest absolute Gasteiger partial charge is 0.398 e. The van der Waals surface area contributed by atoms with Gasteiger partial charge in [-0.2, -0.15) is 0 Å². The van der Waals surface area contributed by atoms with E-state index in [0.717, 1.165) is 11.4 Å². The number of hydrogen-bond donors (Lipinski definition) is 2. The lowest BCUT2D eigenvalue weighted by atomic mass is 9.68. The zero-order valence-electron chi connectivity index (χ0n) is 14.3. The third kappa shape index (κ3) is 4.66. The Hall–Kier alpha value is -1.18. The maximum absolute atomic E-state index is 6.34. The molecule has 0 aliphatic carbocycles. The van der Waals surface area contributed by atoms with E-state index >= 15 is 0 Å². The minimum Gasteiger partial charge on any atom is -0.398 e. The van der Waals surface area contributed by atoms with Crippen molar-refractivity contribution in [1.82, 2.24) is 0 Å². The molecular weight excluding hydrogens is 256 g/mol. The quantitative estimate of drug-likeness (QED) is 0.546. The van der Waals surface area contributed by atoms with E-state index in [2.05, 4.69) is 20.8 Å². The molecule has 0 amide bonds. The van der Waals surface area contributed by atoms with Gasteiger partial charge in [0.15, 0.2) is 0 Å². The first kappa shape index (κ1) is 17.9. The normalized spacial score (nSPS) is 11.8. The number of rotatable bonds is 10. The summed E-state index contributed by atoms with van der Waals surface area (Å²) in [4.78, 5) is 0. The lowest BCUT2D eigenvalue weighted by Crippen LogP contribution is -2.29. The van der Waals surface area contributed by atoms with Crippen LogP contribution >= 0.6 is 0 Å². The molecule has 1 aromatic carbocycles. The van der Waals surface area contributed by atoms with E-state index in [0.29, 0.717) is 0 Å². The average Bonchev–Trinajstić information content (AvgIpc) is 2.48. The molecule has 0 aliphatic rings. The van der Waals surface area contributed by atoms with Crippen LogP contribution in [0.15, 0.2) is 18.2 Å². The zero-order valence-corrected chi connectivity index (χ0v) is 14.3. The first-order valence-electron chi connectivity index (χ1n) is 8.75. The highest BCUT2D eigenvalue weighted by atomic mass is 14.6. The summed E-state index contributed by atoms with van der Waals surface area (Å²) in [7, 11) is 0. The van der Waals surface area contributed by atoms with Crippen LogP contribution in [0.1, 0.15) is 84.1 Å². The van der Waals surface area contributed by atoms with Crippen molar-refractivity contribution in [2.75, 3.05) is 11.5 Å². The SMILES string of the molecule is CCCCC(CCCC)(CCCC)c1c(N)cccc1N. The topological polar surface area (TPSA) is 52.0 Å². The standard InChI is InChI=1S/C19H34N2/c1-4-7-13-19(14-8-5-2,15-9-6-3)18-16(20)11-10-12-17(18)21/h10-12H,4-9,13-15,20-21H2,1-3H3. The fourth-order valence-electron chi connectivity index (χ4n) is 3.50. The molecule has 120 valence electrons. The Bertz CT molecular complexity index is 370. The van der Waals surface area contributed by atoms with Crippen molar-refractivity contribution in [3.63, 3.8) is 0 Å². The van der Waals surface area contributed by atoms with Crippen LogP contribution in [0.25, 0.3) is 0 Å². The molecule has 0 aromatic heterocycles. The summed E-state index contributed by atoms with van der Waals surface area (Å²) in [6.45, 7) is 6.80. The van der Waals surface area contributed by atoms with Crippen LogP contribution in [0.5, 0.6) is 0 Å². The lowest BCUT2D eigenvalue weighted by molar-refractivity contribution is 0.311. The lowest BCUT2D eigenvalue weighted by Gasteiger charge is -2.37. The second-order valence-electron chi connectivity index (χ2n) is 6.40. The molecule has 0 spiro atoms. The summed E-state index contributed by atoms with van der Waals surface area (Å²) >= 11 is 0. The van der Waals surface area contributed by atoms with E-state index < -0.39 is 0 Å². The highest BCUT2D eigenvalue weighted by Crippen LogP contribution is 2.45. The minimum absolute atomic E-state index is 0.178. The van der Waals surface area contributed by atoms with E-state index in [1.54, 1.807) is 0 Å². The third-order valence-corrected chi connectivity index (χ3v) is 4.69. The van der Waals surface area contributed by atoms with Crippen LogP contribution in [0.3, 0.4) is 0 Å². The van der Waals surface area contributed by atoms with Gasteiger partial charge < -0.3 is 11.5 Å². The molecule has 1 aromatic rings. The van der Waals surface area contributed by atoms with Gasteiger partial charge in [-0.15, -0.1) is 0 Å². The Kier molecular flexibility index (Phi) is 7.63. The van der Waals surface area contributed by atoms with Crippen molar-refractivity contribution < 1.29 is 0 Å². The van der Waals surface area contributed by atoms with Crippen molar-refractivity contribution in [2.45, 2.75) is 84.0 Å². The molecule has 0 fully saturated rings. The molecule has 1 rings (SSSR count). The van der Waals surface area contributed by atoms with Crippen molar-refractivity contribution >= 4 is 11.4 Å². The average molecular weight is 290 g/mol. The molecule has 21 heavy (non-hydrogen) atoms. The molecule has 0 unspecified atom stereocenters. The van der Waals surface area contributed by atoms with Gasteiger partial charge in [0.05, 0.1) is 0 Å². The summed E-state index contributed by atoms with van der Waals surface area (Å²) in [5, 5.41) is 0. The Morgan fingerprint density at radius 3 is 1.48 bits per heavy atom. The molecule has 2 heteroatoms. The maximum atomic E-state index is 6.34. The summed E-state index contributed by atoms with van der Waals surface area (Å²) in [6, 6.07) is 6.01. The van der Waals surface area contributed by atoms with Crippen LogP contribution in [-0.4, -0.2) is 0 Å². The van der Waals surface area contributed by atoms with Crippen molar-refractivity contribution in [1.29, 1.82) is 0 Å². The van der Waals surface area contributed by atoms with Gasteiger partial charge in [0.1, 0.15) is 0 Å². The van der Waals surface area contributed by atoms with E-state index in [9.17, 15) is 0 Å². The monoisotopic (exact) mass is 290 g/mol. The van der Waals surface area contributed by atoms with Crippen LogP contribution in [0, 0.1) is 0 Å². The van der Waals surface area contributed by atoms with Crippen LogP contribution in [0.2, 0.25) is 0 Å². The van der Waals surface area contributed by atoms with Gasteiger partial charge in [-0.25, -0.2) is 0 Å². The predicted molar refractivity (Wildman–Crippen MR) is 95.5 cm³/mol. The number of unbranched alkanes of at least 4 members (excludes halogenated alkanes) is 3. The van der Waals surface area contributed by atoms with Crippen LogP contribution in [0.4, 0.5) is 11.4 Å². The first-order chi connectivity index (χ1) is 10.1. The van der Waals surface area contributed by atoms with Gasteiger partial charge >= 0.3 is 0 Å². The maximum Gasteiger partial charge on any atom is 0.0373 e. The second-order valence-corrected chi connectivity index (χ2v) is 6.40. The van der Waals surface area contributed by atoms with Crippen molar-refractivity contribution in [2.24, 2.45) is 0 Å². The summed E-state index contributed by atoms with van der Waals surface area (Å²) < 4.78 is 0. The Labute approximate surface area is 131 Å². The molecule has 0 saturated carbocycles. The van der Waals surface area contributed by atoms with Gasteiger partial charge in [-0.05, 0) is 36.8 Å². The molecule has 4 N–H and O–H groups in total. The summed E-state index contributed by atoms with van der Waals surface area (Å²) in [6.07, 6.45) is 11.1. The van der Waals surface area contributed by atoms with E-state index in [1.807, 2.05) is 18.2 Å². The smallest absolute Gasteiger partial charge is 0.0373 e. The number of nitrogens with two attached hydrogens (primary N) is 2. The highest BCUT2D eigenvalue weighted by Gasteiger charge is 2.33. The third-order valence-electron chi connectivity index (χ3n) is 4.69. The molecule has 0 saturated heterocycles. The van der Waals surface area contributed by atoms with Crippen LogP contribution < -0.4 is 11.5 Å². The molecule has 2 nitrogen and oxygen atoms in total. The Balaban J connectivity index is 3.23. The predicted octanol–water partition coefficient (Wildman–Crippen LogP) is 5.66. The molecule has 0 radical (unpaired) electrons. The fourth-order valence-corrected chi connectivity index (χ4v) is 3.50. The van der Waals surface area contributed by atoms with Crippen LogP contribution in [-0.2, 0) is 5.41 Å². The summed E-state index contributed by atoms with van der Waals surface area (Å²) in [5.74, 6) is 0. The van der Waals surface area contributed by atoms with Gasteiger partial charge in [0.2, 0.25) is 0 Å². The van der Waals surface area contributed by atoms with E-state index in [4.69, 9.17) is 11.5 Å². The van der Waals surface area contributed by atoms with Gasteiger partial charge in [-0.1, -0.05) is 65.4 Å². The number of anilines is 2. The van der Waals surface area contributed by atoms with E-state index in [-0.39, 0.29) is 5.41 Å². The number of hydrogen-bond acceptors (Lipinski definition) is 2. The molecular formula is C19H34N2. The molecule has 0 aliphatic heterocycles. The highest BCUT2D eigenvalue weighted by molar-refractivity contribution is 5.64. The fraction of sp³-hybridized carbons (Fsp3) is 0.684. The molecule has 0 heterocycles. The first-order valence-corrected chi connectivity index (χ1v) is 8.75. The van der Waals surface area contributed by atoms with Gasteiger partial charge in [0, 0.05) is 16.9 Å². The minimum atomic E-state index is 0.178.